The first-order valence-electron chi connectivity index (χ1n) is 6.58. The molecule has 1 aliphatic rings. The van der Waals surface area contributed by atoms with Crippen LogP contribution in [0.1, 0.15) is 44.8 Å². The zero-order valence-electron chi connectivity index (χ0n) is 11.8. The fourth-order valence-electron chi connectivity index (χ4n) is 2.39. The van der Waals surface area contributed by atoms with Gasteiger partial charge >= 0.3 is 0 Å². The molecule has 0 aromatic carbocycles. The zero-order valence-corrected chi connectivity index (χ0v) is 11.8. The highest BCUT2D eigenvalue weighted by Crippen LogP contribution is 2.21. The standard InChI is InChI=1S/C14H20N2O3/c1-8(2)16-13(17)7-11(14(16)18)15-10(4)12-6-5-9(3)19-12/h5-6,8,10-11,15H,7H2,1-4H3. The van der Waals surface area contributed by atoms with Crippen molar-refractivity contribution in [3.63, 3.8) is 0 Å². The number of aryl methyl sites for hydroxylation is 1. The molecule has 0 radical (unpaired) electrons. The largest absolute Gasteiger partial charge is 0.465 e. The minimum Gasteiger partial charge on any atom is -0.465 e. The number of rotatable bonds is 4. The highest BCUT2D eigenvalue weighted by atomic mass is 16.3. The van der Waals surface area contributed by atoms with Crippen LogP contribution in [-0.2, 0) is 9.59 Å². The monoisotopic (exact) mass is 264 g/mol. The van der Waals surface area contributed by atoms with E-state index in [0.29, 0.717) is 0 Å². The van der Waals surface area contributed by atoms with Crippen LogP contribution in [0.25, 0.3) is 0 Å². The Morgan fingerprint density at radius 2 is 2.00 bits per heavy atom. The molecule has 0 aliphatic carbocycles. The molecule has 1 aliphatic heterocycles. The third-order valence-corrected chi connectivity index (χ3v) is 3.34. The fraction of sp³-hybridized carbons (Fsp3) is 0.571. The van der Waals surface area contributed by atoms with E-state index in [1.807, 2.05) is 39.8 Å². The molecule has 19 heavy (non-hydrogen) atoms. The van der Waals surface area contributed by atoms with E-state index in [0.717, 1.165) is 11.5 Å². The van der Waals surface area contributed by atoms with Crippen molar-refractivity contribution in [3.8, 4) is 0 Å². The van der Waals surface area contributed by atoms with E-state index in [9.17, 15) is 9.59 Å². The summed E-state index contributed by atoms with van der Waals surface area (Å²) >= 11 is 0. The minimum absolute atomic E-state index is 0.0898. The van der Waals surface area contributed by atoms with Crippen molar-refractivity contribution >= 4 is 11.8 Å². The van der Waals surface area contributed by atoms with Gasteiger partial charge in [-0.05, 0) is 39.8 Å². The van der Waals surface area contributed by atoms with Gasteiger partial charge in [0.25, 0.3) is 0 Å². The van der Waals surface area contributed by atoms with E-state index in [4.69, 9.17) is 4.42 Å². The predicted octanol–water partition coefficient (Wildman–Crippen LogP) is 1.77. The average molecular weight is 264 g/mol. The Balaban J connectivity index is 2.04. The molecule has 2 atom stereocenters. The van der Waals surface area contributed by atoms with Gasteiger partial charge in [0.05, 0.1) is 18.5 Å². The fourth-order valence-corrected chi connectivity index (χ4v) is 2.39. The molecule has 2 rings (SSSR count). The SMILES string of the molecule is Cc1ccc(C(C)NC2CC(=O)N(C(C)C)C2=O)o1. The number of carbonyl (C=O) groups is 2. The average Bonchev–Trinajstić information content (AvgIpc) is 2.84. The second kappa shape index (κ2) is 5.17. The van der Waals surface area contributed by atoms with Crippen LogP contribution in [0.4, 0.5) is 0 Å². The molecule has 1 fully saturated rings. The number of carbonyl (C=O) groups excluding carboxylic acids is 2. The van der Waals surface area contributed by atoms with Crippen LogP contribution in [0.5, 0.6) is 0 Å². The van der Waals surface area contributed by atoms with Crippen molar-refractivity contribution in [1.29, 1.82) is 0 Å². The molecule has 5 heteroatoms. The van der Waals surface area contributed by atoms with Crippen LogP contribution in [0.15, 0.2) is 16.5 Å². The van der Waals surface area contributed by atoms with Crippen molar-refractivity contribution in [1.82, 2.24) is 10.2 Å². The summed E-state index contributed by atoms with van der Waals surface area (Å²) in [6.45, 7) is 7.49. The molecule has 1 saturated heterocycles. The molecule has 5 nitrogen and oxygen atoms in total. The predicted molar refractivity (Wildman–Crippen MR) is 70.4 cm³/mol. The molecular weight excluding hydrogens is 244 g/mol. The van der Waals surface area contributed by atoms with E-state index in [1.165, 1.54) is 4.90 Å². The Morgan fingerprint density at radius 3 is 2.47 bits per heavy atom. The second-order valence-electron chi connectivity index (χ2n) is 5.29. The summed E-state index contributed by atoms with van der Waals surface area (Å²) < 4.78 is 5.52. The van der Waals surface area contributed by atoms with Crippen LogP contribution in [0.3, 0.4) is 0 Å². The van der Waals surface area contributed by atoms with Gasteiger partial charge in [0, 0.05) is 6.04 Å². The van der Waals surface area contributed by atoms with Gasteiger partial charge in [0.15, 0.2) is 0 Å². The Morgan fingerprint density at radius 1 is 1.32 bits per heavy atom. The molecular formula is C14H20N2O3. The van der Waals surface area contributed by atoms with E-state index in [1.54, 1.807) is 0 Å². The lowest BCUT2D eigenvalue weighted by Gasteiger charge is -2.20. The van der Waals surface area contributed by atoms with E-state index >= 15 is 0 Å². The number of likely N-dealkylation sites (tertiary alicyclic amines) is 1. The number of hydrogen-bond acceptors (Lipinski definition) is 4. The third-order valence-electron chi connectivity index (χ3n) is 3.34. The zero-order chi connectivity index (χ0) is 14.2. The van der Waals surface area contributed by atoms with Gasteiger partial charge in [-0.15, -0.1) is 0 Å². The molecule has 2 amide bonds. The second-order valence-corrected chi connectivity index (χ2v) is 5.29. The Bertz CT molecular complexity index is 493. The van der Waals surface area contributed by atoms with E-state index in [2.05, 4.69) is 5.32 Å². The van der Waals surface area contributed by atoms with Crippen molar-refractivity contribution in [2.45, 2.75) is 52.2 Å². The molecule has 0 bridgehead atoms. The molecule has 2 unspecified atom stereocenters. The maximum atomic E-state index is 12.1. The molecule has 1 aromatic rings. The van der Waals surface area contributed by atoms with Crippen molar-refractivity contribution < 1.29 is 14.0 Å². The Kier molecular flexibility index (Phi) is 3.75. The molecule has 0 spiro atoms. The first-order chi connectivity index (χ1) is 8.90. The van der Waals surface area contributed by atoms with Crippen molar-refractivity contribution in [2.24, 2.45) is 0 Å². The maximum absolute atomic E-state index is 12.1. The number of furan rings is 1. The van der Waals surface area contributed by atoms with Gasteiger partial charge in [0.2, 0.25) is 11.8 Å². The van der Waals surface area contributed by atoms with Gasteiger partial charge in [0.1, 0.15) is 11.5 Å². The van der Waals surface area contributed by atoms with Crippen molar-refractivity contribution in [3.05, 3.63) is 23.7 Å². The number of nitrogens with zero attached hydrogens (tertiary/aromatic N) is 1. The van der Waals surface area contributed by atoms with Gasteiger partial charge in [-0.2, -0.15) is 0 Å². The summed E-state index contributed by atoms with van der Waals surface area (Å²) in [7, 11) is 0. The van der Waals surface area contributed by atoms with E-state index < -0.39 is 6.04 Å². The highest BCUT2D eigenvalue weighted by molar-refractivity contribution is 6.05. The van der Waals surface area contributed by atoms with Crippen LogP contribution < -0.4 is 5.32 Å². The lowest BCUT2D eigenvalue weighted by molar-refractivity contribution is -0.140. The summed E-state index contributed by atoms with van der Waals surface area (Å²) in [5, 5.41) is 3.17. The summed E-state index contributed by atoms with van der Waals surface area (Å²) in [5.41, 5.74) is 0. The number of imide groups is 1. The Labute approximate surface area is 113 Å². The number of nitrogens with one attached hydrogen (secondary N) is 1. The molecule has 104 valence electrons. The molecule has 2 heterocycles. The van der Waals surface area contributed by atoms with E-state index in [-0.39, 0.29) is 30.3 Å². The van der Waals surface area contributed by atoms with Crippen LogP contribution >= 0.6 is 0 Å². The van der Waals surface area contributed by atoms with Gasteiger partial charge < -0.3 is 4.42 Å². The lowest BCUT2D eigenvalue weighted by Crippen LogP contribution is -2.42. The van der Waals surface area contributed by atoms with Crippen LogP contribution in [-0.4, -0.2) is 28.8 Å². The third kappa shape index (κ3) is 2.71. The molecule has 0 saturated carbocycles. The number of amides is 2. The highest BCUT2D eigenvalue weighted by Gasteiger charge is 2.40. The maximum Gasteiger partial charge on any atom is 0.247 e. The Hall–Kier alpha value is -1.62. The van der Waals surface area contributed by atoms with Crippen molar-refractivity contribution in [2.75, 3.05) is 0 Å². The topological polar surface area (TPSA) is 62.6 Å². The van der Waals surface area contributed by atoms with Gasteiger partial charge in [-0.3, -0.25) is 19.8 Å². The number of hydrogen-bond donors (Lipinski definition) is 1. The van der Waals surface area contributed by atoms with Crippen LogP contribution in [0.2, 0.25) is 0 Å². The quantitative estimate of drug-likeness (QED) is 0.842. The summed E-state index contributed by atoms with van der Waals surface area (Å²) in [6, 6.07) is 3.13. The summed E-state index contributed by atoms with van der Waals surface area (Å²) in [4.78, 5) is 25.3. The lowest BCUT2D eigenvalue weighted by atomic mass is 10.2. The van der Waals surface area contributed by atoms with Crippen LogP contribution in [0, 0.1) is 6.92 Å². The smallest absolute Gasteiger partial charge is 0.247 e. The first-order valence-corrected chi connectivity index (χ1v) is 6.58. The normalized spacial score (nSPS) is 21.5. The molecule has 1 aromatic heterocycles. The first kappa shape index (κ1) is 13.8. The minimum atomic E-state index is -0.449. The van der Waals surface area contributed by atoms with Gasteiger partial charge in [-0.25, -0.2) is 0 Å². The summed E-state index contributed by atoms with van der Waals surface area (Å²) in [5.74, 6) is 1.36. The van der Waals surface area contributed by atoms with Gasteiger partial charge in [-0.1, -0.05) is 0 Å². The molecule has 1 N–H and O–H groups in total. The summed E-state index contributed by atoms with van der Waals surface area (Å²) in [6.07, 6.45) is 0.223.